The highest BCUT2D eigenvalue weighted by Crippen LogP contribution is 2.10. The van der Waals surface area contributed by atoms with E-state index in [0.717, 1.165) is 0 Å². The zero-order valence-corrected chi connectivity index (χ0v) is 9.70. The van der Waals surface area contributed by atoms with Crippen LogP contribution in [0, 0.1) is 0 Å². The molecule has 0 rings (SSSR count). The lowest BCUT2D eigenvalue weighted by atomic mass is 10.1. The molecule has 1 unspecified atom stereocenters. The molecule has 1 amide bonds. The predicted molar refractivity (Wildman–Crippen MR) is 55.0 cm³/mol. The van der Waals surface area contributed by atoms with E-state index < -0.39 is 5.60 Å². The molecule has 84 valence electrons. The van der Waals surface area contributed by atoms with Gasteiger partial charge in [-0.05, 0) is 27.7 Å². The van der Waals surface area contributed by atoms with Gasteiger partial charge in [-0.25, -0.2) is 0 Å². The van der Waals surface area contributed by atoms with Gasteiger partial charge in [-0.2, -0.15) is 0 Å². The normalized spacial score (nSPS) is 13.9. The molecule has 0 heterocycles. The van der Waals surface area contributed by atoms with Crippen LogP contribution in [0.4, 0.5) is 0 Å². The smallest absolute Gasteiger partial charge is 0.254 e. The molecule has 0 saturated carbocycles. The average molecular weight is 203 g/mol. The average Bonchev–Trinajstić information content (AvgIpc) is 2.04. The van der Waals surface area contributed by atoms with Crippen molar-refractivity contribution in [3.05, 3.63) is 0 Å². The molecule has 0 aliphatic carbocycles. The Hall–Kier alpha value is -0.610. The van der Waals surface area contributed by atoms with Crippen LogP contribution in [0.25, 0.3) is 0 Å². The molecule has 0 aliphatic heterocycles. The lowest BCUT2D eigenvalue weighted by molar-refractivity contribution is -0.150. The molecule has 0 aromatic rings. The van der Waals surface area contributed by atoms with Crippen LogP contribution >= 0.6 is 0 Å². The number of rotatable bonds is 5. The Morgan fingerprint density at radius 1 is 1.57 bits per heavy atom. The summed E-state index contributed by atoms with van der Waals surface area (Å²) in [6.07, 6.45) is 0. The second-order valence-corrected chi connectivity index (χ2v) is 3.95. The summed E-state index contributed by atoms with van der Waals surface area (Å²) < 4.78 is 4.97. The first-order valence-electron chi connectivity index (χ1n) is 4.87. The number of hydrogen-bond donors (Lipinski definition) is 1. The van der Waals surface area contributed by atoms with Crippen LogP contribution in [0.15, 0.2) is 0 Å². The van der Waals surface area contributed by atoms with E-state index in [0.29, 0.717) is 13.2 Å². The molecule has 0 spiro atoms. The van der Waals surface area contributed by atoms with Gasteiger partial charge in [0.25, 0.3) is 5.91 Å². The minimum absolute atomic E-state index is 0.0103. The topological polar surface area (TPSA) is 49.8 Å². The van der Waals surface area contributed by atoms with Gasteiger partial charge in [-0.15, -0.1) is 0 Å². The molecule has 0 aromatic heterocycles. The molecule has 1 atom stereocenters. The zero-order valence-electron chi connectivity index (χ0n) is 9.70. The third-order valence-electron chi connectivity index (χ3n) is 2.06. The molecule has 0 saturated heterocycles. The SMILES string of the molecule is CCN(C(=O)C(C)(C)O)C(C)COC. The van der Waals surface area contributed by atoms with Crippen LogP contribution in [0.1, 0.15) is 27.7 Å². The number of carbonyl (C=O) groups is 1. The van der Waals surface area contributed by atoms with Crippen molar-refractivity contribution in [2.75, 3.05) is 20.3 Å². The number of aliphatic hydroxyl groups is 1. The molecule has 0 aliphatic rings. The fourth-order valence-electron chi connectivity index (χ4n) is 1.34. The van der Waals surface area contributed by atoms with Crippen LogP contribution in [0.3, 0.4) is 0 Å². The maximum Gasteiger partial charge on any atom is 0.254 e. The molecular formula is C10H21NO3. The first-order valence-corrected chi connectivity index (χ1v) is 4.87. The van der Waals surface area contributed by atoms with Crippen molar-refractivity contribution < 1.29 is 14.6 Å². The van der Waals surface area contributed by atoms with Gasteiger partial charge in [0.05, 0.1) is 12.6 Å². The minimum Gasteiger partial charge on any atom is -0.383 e. The van der Waals surface area contributed by atoms with Crippen molar-refractivity contribution in [2.24, 2.45) is 0 Å². The standard InChI is InChI=1S/C10H21NO3/c1-6-11(8(2)7-14-5)9(12)10(3,4)13/h8,13H,6-7H2,1-5H3. The van der Waals surface area contributed by atoms with Gasteiger partial charge in [-0.1, -0.05) is 0 Å². The summed E-state index contributed by atoms with van der Waals surface area (Å²) in [4.78, 5) is 13.3. The number of nitrogens with zero attached hydrogens (tertiary/aromatic N) is 1. The molecule has 0 radical (unpaired) electrons. The van der Waals surface area contributed by atoms with Crippen molar-refractivity contribution in [1.29, 1.82) is 0 Å². The van der Waals surface area contributed by atoms with Crippen molar-refractivity contribution in [3.8, 4) is 0 Å². The molecule has 14 heavy (non-hydrogen) atoms. The molecule has 4 heteroatoms. The maximum absolute atomic E-state index is 11.7. The lowest BCUT2D eigenvalue weighted by Crippen LogP contribution is -2.50. The van der Waals surface area contributed by atoms with E-state index in [1.165, 1.54) is 13.8 Å². The number of hydrogen-bond acceptors (Lipinski definition) is 3. The fourth-order valence-corrected chi connectivity index (χ4v) is 1.34. The second kappa shape index (κ2) is 5.32. The van der Waals surface area contributed by atoms with E-state index in [-0.39, 0.29) is 11.9 Å². The first kappa shape index (κ1) is 13.4. The van der Waals surface area contributed by atoms with Crippen LogP contribution in [0.5, 0.6) is 0 Å². The van der Waals surface area contributed by atoms with Gasteiger partial charge >= 0.3 is 0 Å². The Morgan fingerprint density at radius 2 is 2.07 bits per heavy atom. The summed E-state index contributed by atoms with van der Waals surface area (Å²) in [5.41, 5.74) is -1.31. The molecular weight excluding hydrogens is 182 g/mol. The van der Waals surface area contributed by atoms with Crippen LogP contribution < -0.4 is 0 Å². The van der Waals surface area contributed by atoms with E-state index in [9.17, 15) is 9.90 Å². The first-order chi connectivity index (χ1) is 6.34. The number of carbonyl (C=O) groups excluding carboxylic acids is 1. The highest BCUT2D eigenvalue weighted by atomic mass is 16.5. The van der Waals surface area contributed by atoms with E-state index in [1.807, 2.05) is 13.8 Å². The monoisotopic (exact) mass is 203 g/mol. The Morgan fingerprint density at radius 3 is 2.36 bits per heavy atom. The highest BCUT2D eigenvalue weighted by molar-refractivity contribution is 5.84. The molecule has 4 nitrogen and oxygen atoms in total. The number of amides is 1. The largest absolute Gasteiger partial charge is 0.383 e. The Balaban J connectivity index is 4.48. The summed E-state index contributed by atoms with van der Waals surface area (Å²) in [6.45, 7) is 7.84. The highest BCUT2D eigenvalue weighted by Gasteiger charge is 2.30. The summed E-state index contributed by atoms with van der Waals surface area (Å²) in [7, 11) is 1.60. The van der Waals surface area contributed by atoms with Gasteiger partial charge in [-0.3, -0.25) is 4.79 Å². The van der Waals surface area contributed by atoms with E-state index >= 15 is 0 Å². The summed E-state index contributed by atoms with van der Waals surface area (Å²) in [5.74, 6) is -0.260. The van der Waals surface area contributed by atoms with Gasteiger partial charge in [0.1, 0.15) is 5.60 Å². The van der Waals surface area contributed by atoms with Gasteiger partial charge in [0, 0.05) is 13.7 Å². The fraction of sp³-hybridized carbons (Fsp3) is 0.900. The number of methoxy groups -OCH3 is 1. The Bertz CT molecular complexity index is 186. The Kier molecular flexibility index (Phi) is 5.08. The van der Waals surface area contributed by atoms with Crippen LogP contribution in [-0.2, 0) is 9.53 Å². The maximum atomic E-state index is 11.7. The van der Waals surface area contributed by atoms with Crippen molar-refractivity contribution in [2.45, 2.75) is 39.3 Å². The zero-order chi connectivity index (χ0) is 11.4. The van der Waals surface area contributed by atoms with Gasteiger partial charge < -0.3 is 14.7 Å². The van der Waals surface area contributed by atoms with E-state index in [1.54, 1.807) is 12.0 Å². The molecule has 1 N–H and O–H groups in total. The van der Waals surface area contributed by atoms with Crippen LogP contribution in [0.2, 0.25) is 0 Å². The van der Waals surface area contributed by atoms with E-state index in [4.69, 9.17) is 4.74 Å². The summed E-state index contributed by atoms with van der Waals surface area (Å²) >= 11 is 0. The molecule has 0 fully saturated rings. The summed E-state index contributed by atoms with van der Waals surface area (Å²) in [6, 6.07) is -0.0103. The summed E-state index contributed by atoms with van der Waals surface area (Å²) in [5, 5.41) is 9.57. The second-order valence-electron chi connectivity index (χ2n) is 3.95. The third kappa shape index (κ3) is 3.64. The van der Waals surface area contributed by atoms with E-state index in [2.05, 4.69) is 0 Å². The lowest BCUT2D eigenvalue weighted by Gasteiger charge is -2.32. The third-order valence-corrected chi connectivity index (χ3v) is 2.06. The minimum atomic E-state index is -1.31. The Labute approximate surface area is 85.9 Å². The molecule has 0 bridgehead atoms. The number of likely N-dealkylation sites (N-methyl/N-ethyl adjacent to an activating group) is 1. The van der Waals surface area contributed by atoms with Gasteiger partial charge in [0.15, 0.2) is 0 Å². The van der Waals surface area contributed by atoms with Crippen molar-refractivity contribution in [3.63, 3.8) is 0 Å². The van der Waals surface area contributed by atoms with Crippen molar-refractivity contribution in [1.82, 2.24) is 4.90 Å². The number of ether oxygens (including phenoxy) is 1. The predicted octanol–water partition coefficient (Wildman–Crippen LogP) is 0.641. The van der Waals surface area contributed by atoms with Crippen molar-refractivity contribution >= 4 is 5.91 Å². The van der Waals surface area contributed by atoms with Gasteiger partial charge in [0.2, 0.25) is 0 Å². The van der Waals surface area contributed by atoms with Crippen LogP contribution in [-0.4, -0.2) is 47.8 Å². The quantitative estimate of drug-likeness (QED) is 0.713. The molecule has 0 aromatic carbocycles.